The van der Waals surface area contributed by atoms with Gasteiger partial charge in [-0.1, -0.05) is 6.92 Å². The Morgan fingerprint density at radius 2 is 1.65 bits per heavy atom. The number of esters is 2. The van der Waals surface area contributed by atoms with Crippen LogP contribution in [-0.2, 0) is 14.4 Å². The van der Waals surface area contributed by atoms with E-state index in [9.17, 15) is 14.4 Å². The minimum atomic E-state index is -0.546. The van der Waals surface area contributed by atoms with Crippen molar-refractivity contribution in [3.05, 3.63) is 18.2 Å². The van der Waals surface area contributed by atoms with Gasteiger partial charge in [0.05, 0.1) is 0 Å². The number of rotatable bonds is 5. The third kappa shape index (κ3) is 5.09. The Balaban J connectivity index is 2.97. The molecule has 0 bridgehead atoms. The third-order valence-corrected chi connectivity index (χ3v) is 2.21. The van der Waals surface area contributed by atoms with Crippen molar-refractivity contribution in [2.75, 3.05) is 5.32 Å². The van der Waals surface area contributed by atoms with E-state index >= 15 is 0 Å². The van der Waals surface area contributed by atoms with Crippen LogP contribution in [0.1, 0.15) is 33.6 Å². The molecule has 1 amide bonds. The maximum atomic E-state index is 11.5. The van der Waals surface area contributed by atoms with Gasteiger partial charge < -0.3 is 14.8 Å². The molecule has 0 saturated carbocycles. The minimum absolute atomic E-state index is 0.0852. The van der Waals surface area contributed by atoms with Gasteiger partial charge in [0.15, 0.2) is 11.5 Å². The summed E-state index contributed by atoms with van der Waals surface area (Å²) in [5.74, 6) is -0.999. The highest BCUT2D eigenvalue weighted by Crippen LogP contribution is 2.31. The highest BCUT2D eigenvalue weighted by molar-refractivity contribution is 5.91. The van der Waals surface area contributed by atoms with Gasteiger partial charge in [-0.15, -0.1) is 0 Å². The second kappa shape index (κ2) is 7.28. The lowest BCUT2D eigenvalue weighted by molar-refractivity contribution is -0.134. The number of carbonyl (C=O) groups is 3. The van der Waals surface area contributed by atoms with Crippen LogP contribution in [0.25, 0.3) is 0 Å². The van der Waals surface area contributed by atoms with E-state index in [4.69, 9.17) is 9.47 Å². The number of anilines is 1. The van der Waals surface area contributed by atoms with E-state index < -0.39 is 11.9 Å². The summed E-state index contributed by atoms with van der Waals surface area (Å²) in [5.41, 5.74) is 0.468. The summed E-state index contributed by atoms with van der Waals surface area (Å²) in [6.45, 7) is 4.38. The van der Waals surface area contributed by atoms with Crippen molar-refractivity contribution in [3.63, 3.8) is 0 Å². The Morgan fingerprint density at radius 1 is 1.05 bits per heavy atom. The molecule has 0 atom stereocenters. The predicted molar refractivity (Wildman–Crippen MR) is 72.6 cm³/mol. The van der Waals surface area contributed by atoms with Crippen LogP contribution in [0.15, 0.2) is 18.2 Å². The van der Waals surface area contributed by atoms with Crippen LogP contribution >= 0.6 is 0 Å². The average Bonchev–Trinajstić information content (AvgIpc) is 2.31. The van der Waals surface area contributed by atoms with Crippen LogP contribution < -0.4 is 14.8 Å². The van der Waals surface area contributed by atoms with E-state index in [1.165, 1.54) is 26.0 Å². The minimum Gasteiger partial charge on any atom is -0.423 e. The number of carbonyl (C=O) groups excluding carboxylic acids is 3. The van der Waals surface area contributed by atoms with Crippen molar-refractivity contribution in [3.8, 4) is 11.5 Å². The maximum Gasteiger partial charge on any atom is 0.308 e. The van der Waals surface area contributed by atoms with Gasteiger partial charge in [-0.2, -0.15) is 0 Å². The second-order valence-electron chi connectivity index (χ2n) is 4.15. The van der Waals surface area contributed by atoms with Crippen LogP contribution in [0, 0.1) is 0 Å². The van der Waals surface area contributed by atoms with E-state index in [2.05, 4.69) is 5.32 Å². The Hall–Kier alpha value is -2.37. The zero-order chi connectivity index (χ0) is 15.1. The lowest BCUT2D eigenvalue weighted by Gasteiger charge is -2.11. The molecule has 0 heterocycles. The third-order valence-electron chi connectivity index (χ3n) is 2.21. The van der Waals surface area contributed by atoms with Crippen molar-refractivity contribution in [1.82, 2.24) is 0 Å². The fraction of sp³-hybridized carbons (Fsp3) is 0.357. The van der Waals surface area contributed by atoms with Gasteiger partial charge in [-0.3, -0.25) is 14.4 Å². The van der Waals surface area contributed by atoms with Crippen molar-refractivity contribution >= 4 is 23.5 Å². The highest BCUT2D eigenvalue weighted by atomic mass is 16.6. The maximum absolute atomic E-state index is 11.5. The van der Waals surface area contributed by atoms with E-state index in [1.54, 1.807) is 6.07 Å². The van der Waals surface area contributed by atoms with E-state index in [0.717, 1.165) is 6.42 Å². The van der Waals surface area contributed by atoms with Crippen molar-refractivity contribution in [2.45, 2.75) is 33.6 Å². The van der Waals surface area contributed by atoms with Crippen LogP contribution in [-0.4, -0.2) is 17.8 Å². The summed E-state index contributed by atoms with van der Waals surface area (Å²) < 4.78 is 9.89. The number of benzene rings is 1. The molecule has 0 spiro atoms. The molecule has 0 aliphatic carbocycles. The molecule has 1 aromatic carbocycles. The fourth-order valence-corrected chi connectivity index (χ4v) is 1.51. The standard InChI is InChI=1S/C14H17NO5/c1-4-5-14(18)15-11-6-7-12(19-9(2)16)13(8-11)20-10(3)17/h6-8H,4-5H2,1-3H3,(H,15,18). The molecule has 1 N–H and O–H groups in total. The first-order chi connectivity index (χ1) is 9.42. The zero-order valence-corrected chi connectivity index (χ0v) is 11.7. The highest BCUT2D eigenvalue weighted by Gasteiger charge is 2.12. The van der Waals surface area contributed by atoms with Crippen LogP contribution in [0.4, 0.5) is 5.69 Å². The van der Waals surface area contributed by atoms with E-state index in [0.29, 0.717) is 12.1 Å². The number of ether oxygens (including phenoxy) is 2. The van der Waals surface area contributed by atoms with Gasteiger partial charge in [0.2, 0.25) is 5.91 Å². The Labute approximate surface area is 117 Å². The molecule has 108 valence electrons. The number of nitrogens with one attached hydrogen (secondary N) is 1. The smallest absolute Gasteiger partial charge is 0.308 e. The van der Waals surface area contributed by atoms with Gasteiger partial charge in [-0.25, -0.2) is 0 Å². The van der Waals surface area contributed by atoms with Gasteiger partial charge in [0.25, 0.3) is 0 Å². The average molecular weight is 279 g/mol. The second-order valence-corrected chi connectivity index (χ2v) is 4.15. The molecule has 0 fully saturated rings. The monoisotopic (exact) mass is 279 g/mol. The van der Waals surface area contributed by atoms with Crippen LogP contribution in [0.2, 0.25) is 0 Å². The molecule has 0 aliphatic heterocycles. The Bertz CT molecular complexity index is 524. The quantitative estimate of drug-likeness (QED) is 0.660. The Kier molecular flexibility index (Phi) is 5.71. The first-order valence-corrected chi connectivity index (χ1v) is 6.23. The molecular formula is C14H17NO5. The predicted octanol–water partition coefficient (Wildman–Crippen LogP) is 2.28. The largest absolute Gasteiger partial charge is 0.423 e. The molecule has 0 aliphatic rings. The summed E-state index contributed by atoms with van der Waals surface area (Å²) in [6, 6.07) is 4.47. The summed E-state index contributed by atoms with van der Waals surface area (Å²) in [5, 5.41) is 2.67. The summed E-state index contributed by atoms with van der Waals surface area (Å²) in [7, 11) is 0. The molecule has 1 rings (SSSR count). The number of hydrogen-bond donors (Lipinski definition) is 1. The Morgan fingerprint density at radius 3 is 2.20 bits per heavy atom. The van der Waals surface area contributed by atoms with Crippen LogP contribution in [0.5, 0.6) is 11.5 Å². The molecule has 1 aromatic rings. The lowest BCUT2D eigenvalue weighted by Crippen LogP contribution is -2.12. The molecule has 0 saturated heterocycles. The molecular weight excluding hydrogens is 262 g/mol. The fourth-order valence-electron chi connectivity index (χ4n) is 1.51. The molecule has 20 heavy (non-hydrogen) atoms. The molecule has 0 unspecified atom stereocenters. The summed E-state index contributed by atoms with van der Waals surface area (Å²) in [4.78, 5) is 33.5. The number of hydrogen-bond acceptors (Lipinski definition) is 5. The van der Waals surface area contributed by atoms with Gasteiger partial charge >= 0.3 is 11.9 Å². The van der Waals surface area contributed by atoms with E-state index in [1.807, 2.05) is 6.92 Å². The van der Waals surface area contributed by atoms with Crippen molar-refractivity contribution < 1.29 is 23.9 Å². The zero-order valence-electron chi connectivity index (χ0n) is 11.7. The first-order valence-electron chi connectivity index (χ1n) is 6.23. The molecule has 0 aromatic heterocycles. The normalized spacial score (nSPS) is 9.75. The lowest BCUT2D eigenvalue weighted by atomic mass is 10.2. The van der Waals surface area contributed by atoms with Gasteiger partial charge in [0.1, 0.15) is 0 Å². The summed E-state index contributed by atoms with van der Waals surface area (Å²) in [6.07, 6.45) is 1.13. The molecule has 0 radical (unpaired) electrons. The van der Waals surface area contributed by atoms with Gasteiger partial charge in [0, 0.05) is 32.0 Å². The van der Waals surface area contributed by atoms with E-state index in [-0.39, 0.29) is 17.4 Å². The van der Waals surface area contributed by atoms with Crippen molar-refractivity contribution in [1.29, 1.82) is 0 Å². The van der Waals surface area contributed by atoms with Crippen molar-refractivity contribution in [2.24, 2.45) is 0 Å². The summed E-state index contributed by atoms with van der Waals surface area (Å²) >= 11 is 0. The first kappa shape index (κ1) is 15.7. The topological polar surface area (TPSA) is 81.7 Å². The molecule has 6 heteroatoms. The van der Waals surface area contributed by atoms with Gasteiger partial charge in [-0.05, 0) is 18.6 Å². The number of amides is 1. The molecule has 6 nitrogen and oxygen atoms in total. The van der Waals surface area contributed by atoms with Crippen LogP contribution in [0.3, 0.4) is 0 Å². The SMILES string of the molecule is CCCC(=O)Nc1ccc(OC(C)=O)c(OC(C)=O)c1.